The van der Waals surface area contributed by atoms with Crippen molar-refractivity contribution in [3.05, 3.63) is 17.5 Å². The molecule has 20 heavy (non-hydrogen) atoms. The number of nitrogens with one attached hydrogen (secondary N) is 1. The lowest BCUT2D eigenvalue weighted by Crippen LogP contribution is -2.40. The van der Waals surface area contributed by atoms with Crippen LogP contribution in [0.5, 0.6) is 0 Å². The lowest BCUT2D eigenvalue weighted by atomic mass is 9.99. The molecule has 1 aliphatic heterocycles. The Bertz CT molecular complexity index is 399. The minimum Gasteiger partial charge on any atom is -0.378 e. The van der Waals surface area contributed by atoms with E-state index in [1.165, 1.54) is 18.5 Å². The fourth-order valence-electron chi connectivity index (χ4n) is 2.90. The Morgan fingerprint density at radius 2 is 2.35 bits per heavy atom. The molecule has 0 radical (unpaired) electrons. The first-order valence-corrected chi connectivity index (χ1v) is 7.90. The highest BCUT2D eigenvalue weighted by Crippen LogP contribution is 2.19. The smallest absolute Gasteiger partial charge is 0.0624 e. The van der Waals surface area contributed by atoms with Gasteiger partial charge in [0.25, 0.3) is 0 Å². The highest BCUT2D eigenvalue weighted by Gasteiger charge is 2.20. The van der Waals surface area contributed by atoms with Crippen LogP contribution in [0.3, 0.4) is 0 Å². The van der Waals surface area contributed by atoms with Gasteiger partial charge >= 0.3 is 0 Å². The second-order valence-electron chi connectivity index (χ2n) is 5.59. The van der Waals surface area contributed by atoms with E-state index in [0.29, 0.717) is 6.10 Å². The largest absolute Gasteiger partial charge is 0.378 e. The summed E-state index contributed by atoms with van der Waals surface area (Å²) < 4.78 is 7.90. The molecule has 1 fully saturated rings. The van der Waals surface area contributed by atoms with E-state index in [1.807, 2.05) is 0 Å². The number of nitrogens with zero attached hydrogens (tertiary/aromatic N) is 2. The molecule has 1 saturated heterocycles. The molecule has 5 nitrogen and oxygen atoms in total. The first-order valence-electron chi connectivity index (χ1n) is 7.90. The van der Waals surface area contributed by atoms with Crippen molar-refractivity contribution in [3.63, 3.8) is 0 Å². The molecule has 1 aromatic heterocycles. The highest BCUT2D eigenvalue weighted by atomic mass is 16.5. The van der Waals surface area contributed by atoms with E-state index < -0.39 is 0 Å². The second kappa shape index (κ2) is 7.76. The quantitative estimate of drug-likeness (QED) is 0.590. The number of aryl methyl sites for hydroxylation is 2. The van der Waals surface area contributed by atoms with Crippen LogP contribution in [0.15, 0.2) is 6.07 Å². The fourth-order valence-corrected chi connectivity index (χ4v) is 2.90. The lowest BCUT2D eigenvalue weighted by molar-refractivity contribution is 0.00513. The molecule has 5 heteroatoms. The molecule has 0 aliphatic carbocycles. The van der Waals surface area contributed by atoms with Crippen molar-refractivity contribution < 1.29 is 4.74 Å². The minimum absolute atomic E-state index is 0.254. The van der Waals surface area contributed by atoms with E-state index in [2.05, 4.69) is 35.1 Å². The van der Waals surface area contributed by atoms with Gasteiger partial charge in [-0.2, -0.15) is 5.10 Å². The summed E-state index contributed by atoms with van der Waals surface area (Å²) >= 11 is 0. The first-order chi connectivity index (χ1) is 9.76. The van der Waals surface area contributed by atoms with E-state index in [0.717, 1.165) is 44.5 Å². The number of nitrogens with two attached hydrogens (primary N) is 1. The van der Waals surface area contributed by atoms with Crippen LogP contribution in [0.1, 0.15) is 50.9 Å². The summed E-state index contributed by atoms with van der Waals surface area (Å²) in [6.45, 7) is 6.08. The van der Waals surface area contributed by atoms with Gasteiger partial charge in [-0.1, -0.05) is 6.92 Å². The average Bonchev–Trinajstić information content (AvgIpc) is 2.89. The van der Waals surface area contributed by atoms with Crippen molar-refractivity contribution >= 4 is 0 Å². The third-order valence-electron chi connectivity index (χ3n) is 4.09. The van der Waals surface area contributed by atoms with Gasteiger partial charge in [0.05, 0.1) is 11.8 Å². The van der Waals surface area contributed by atoms with Crippen LogP contribution in [0.2, 0.25) is 0 Å². The SMILES string of the molecule is CCc1cc(CC(CC2CCCCO2)NN)n(CC)n1. The molecular weight excluding hydrogens is 252 g/mol. The Balaban J connectivity index is 1.96. The van der Waals surface area contributed by atoms with Crippen LogP contribution in [0.4, 0.5) is 0 Å². The summed E-state index contributed by atoms with van der Waals surface area (Å²) in [4.78, 5) is 0. The number of ether oxygens (including phenoxy) is 1. The van der Waals surface area contributed by atoms with Crippen LogP contribution in [-0.2, 0) is 24.1 Å². The summed E-state index contributed by atoms with van der Waals surface area (Å²) in [6.07, 6.45) is 6.85. The average molecular weight is 280 g/mol. The standard InChI is InChI=1S/C15H28N4O/c1-3-12-9-14(19(4-2)18-12)10-13(17-16)11-15-7-5-6-8-20-15/h9,13,15,17H,3-8,10-11,16H2,1-2H3. The zero-order valence-electron chi connectivity index (χ0n) is 12.8. The predicted octanol–water partition coefficient (Wildman–Crippen LogP) is 1.80. The van der Waals surface area contributed by atoms with Crippen molar-refractivity contribution in [3.8, 4) is 0 Å². The van der Waals surface area contributed by atoms with Crippen molar-refractivity contribution in [2.24, 2.45) is 5.84 Å². The Kier molecular flexibility index (Phi) is 6.01. The molecule has 0 bridgehead atoms. The van der Waals surface area contributed by atoms with Crippen molar-refractivity contribution in [2.45, 2.75) is 71.1 Å². The van der Waals surface area contributed by atoms with Crippen LogP contribution < -0.4 is 11.3 Å². The zero-order valence-corrected chi connectivity index (χ0v) is 12.8. The van der Waals surface area contributed by atoms with Gasteiger partial charge in [0.2, 0.25) is 0 Å². The molecule has 3 N–H and O–H groups in total. The van der Waals surface area contributed by atoms with E-state index in [-0.39, 0.29) is 6.04 Å². The molecule has 2 unspecified atom stereocenters. The van der Waals surface area contributed by atoms with Gasteiger partial charge in [0.1, 0.15) is 0 Å². The van der Waals surface area contributed by atoms with Gasteiger partial charge in [0.15, 0.2) is 0 Å². The normalized spacial score (nSPS) is 21.1. The maximum absolute atomic E-state index is 5.81. The molecule has 0 spiro atoms. The molecule has 2 heterocycles. The van der Waals surface area contributed by atoms with Gasteiger partial charge in [-0.15, -0.1) is 0 Å². The zero-order chi connectivity index (χ0) is 14.4. The maximum atomic E-state index is 5.81. The lowest BCUT2D eigenvalue weighted by Gasteiger charge is -2.26. The van der Waals surface area contributed by atoms with Gasteiger partial charge < -0.3 is 4.74 Å². The number of hydrazine groups is 1. The molecule has 0 saturated carbocycles. The van der Waals surface area contributed by atoms with E-state index >= 15 is 0 Å². The third-order valence-corrected chi connectivity index (χ3v) is 4.09. The fraction of sp³-hybridized carbons (Fsp3) is 0.800. The summed E-state index contributed by atoms with van der Waals surface area (Å²) in [7, 11) is 0. The molecular formula is C15H28N4O. The topological polar surface area (TPSA) is 65.1 Å². The molecule has 0 amide bonds. The number of aromatic nitrogens is 2. The van der Waals surface area contributed by atoms with Gasteiger partial charge in [-0.05, 0) is 45.1 Å². The molecule has 114 valence electrons. The van der Waals surface area contributed by atoms with E-state index in [1.54, 1.807) is 0 Å². The first kappa shape index (κ1) is 15.5. The van der Waals surface area contributed by atoms with Crippen LogP contribution in [0, 0.1) is 0 Å². The monoisotopic (exact) mass is 280 g/mol. The molecule has 2 rings (SSSR count). The Morgan fingerprint density at radius 3 is 2.95 bits per heavy atom. The molecule has 1 aromatic rings. The summed E-state index contributed by atoms with van der Waals surface area (Å²) in [5, 5.41) is 4.60. The van der Waals surface area contributed by atoms with Crippen LogP contribution in [0.25, 0.3) is 0 Å². The van der Waals surface area contributed by atoms with Crippen LogP contribution >= 0.6 is 0 Å². The summed E-state index contributed by atoms with van der Waals surface area (Å²) in [6, 6.07) is 2.46. The van der Waals surface area contributed by atoms with Crippen LogP contribution in [-0.4, -0.2) is 28.5 Å². The molecule has 2 atom stereocenters. The minimum atomic E-state index is 0.254. The van der Waals surface area contributed by atoms with Crippen molar-refractivity contribution in [1.82, 2.24) is 15.2 Å². The summed E-state index contributed by atoms with van der Waals surface area (Å²) in [5.41, 5.74) is 5.38. The van der Waals surface area contributed by atoms with Crippen molar-refractivity contribution in [2.75, 3.05) is 6.61 Å². The molecule has 1 aliphatic rings. The third kappa shape index (κ3) is 4.04. The highest BCUT2D eigenvalue weighted by molar-refractivity contribution is 5.12. The van der Waals surface area contributed by atoms with E-state index in [4.69, 9.17) is 10.6 Å². The number of hydrogen-bond donors (Lipinski definition) is 2. The van der Waals surface area contributed by atoms with Gasteiger partial charge in [-0.3, -0.25) is 16.0 Å². The van der Waals surface area contributed by atoms with Crippen molar-refractivity contribution in [1.29, 1.82) is 0 Å². The maximum Gasteiger partial charge on any atom is 0.0624 e. The van der Waals surface area contributed by atoms with E-state index in [9.17, 15) is 0 Å². The Hall–Kier alpha value is -0.910. The second-order valence-corrected chi connectivity index (χ2v) is 5.59. The summed E-state index contributed by atoms with van der Waals surface area (Å²) in [5.74, 6) is 5.73. The van der Waals surface area contributed by atoms with Gasteiger partial charge in [-0.25, -0.2) is 0 Å². The molecule has 0 aromatic carbocycles. The number of hydrogen-bond acceptors (Lipinski definition) is 4. The number of rotatable bonds is 7. The Labute approximate surface area is 121 Å². The Morgan fingerprint density at radius 1 is 1.50 bits per heavy atom. The predicted molar refractivity (Wildman–Crippen MR) is 80.3 cm³/mol. The van der Waals surface area contributed by atoms with Gasteiger partial charge in [0, 0.05) is 31.3 Å².